The Balaban J connectivity index is -0.000000152. The molecule has 0 bridgehead atoms. The van der Waals surface area contributed by atoms with E-state index < -0.39 is 19.2 Å². The smallest absolute Gasteiger partial charge is 0.793 e. The molecule has 0 amide bonds. The van der Waals surface area contributed by atoms with Crippen LogP contribution in [0.1, 0.15) is 92.9 Å². The zero-order valence-corrected chi connectivity index (χ0v) is 35.2. The Hall–Kier alpha value is 3.20. The average Bonchev–Trinajstić information content (AvgIpc) is 2.70. The van der Waals surface area contributed by atoms with E-state index in [-0.39, 0.29) is 39.0 Å². The van der Waals surface area contributed by atoms with Crippen molar-refractivity contribution < 1.29 is 77.0 Å². The van der Waals surface area contributed by atoms with Crippen molar-refractivity contribution in [1.29, 1.82) is 0 Å². The van der Waals surface area contributed by atoms with E-state index in [1.54, 1.807) is 0 Å². The molecule has 2 unspecified atom stereocenters. The predicted molar refractivity (Wildman–Crippen MR) is 153 cm³/mol. The minimum Gasteiger partial charge on any atom is -0.793 e. The number of hydrogen-bond acceptors (Lipinski definition) is 11. The summed E-state index contributed by atoms with van der Waals surface area (Å²) in [6, 6.07) is 0. The second-order valence-electron chi connectivity index (χ2n) is 8.53. The maximum Gasteiger partial charge on any atom is 2.00 e. The van der Waals surface area contributed by atoms with Crippen LogP contribution in [0.15, 0.2) is 0 Å². The maximum absolute atomic E-state index is 11.8. The third-order valence-electron chi connectivity index (χ3n) is 3.63. The van der Waals surface area contributed by atoms with Crippen molar-refractivity contribution in [3.05, 3.63) is 0 Å². The van der Waals surface area contributed by atoms with E-state index in [9.17, 15) is 9.79 Å². The number of rotatable bonds is 18. The molecule has 216 valence electrons. The second-order valence-corrected chi connectivity index (χ2v) is 21.7. The minimum atomic E-state index is -5.14. The number of phosphoric acid groups is 1. The van der Waals surface area contributed by atoms with E-state index in [0.717, 1.165) is 30.8 Å². The monoisotopic (exact) mass is 762 g/mol. The van der Waals surface area contributed by atoms with Crippen molar-refractivity contribution in [2.24, 2.45) is 11.8 Å². The van der Waals surface area contributed by atoms with E-state index in [0.29, 0.717) is 25.0 Å². The summed E-state index contributed by atoms with van der Waals surface area (Å²) in [5, 5.41) is 0. The third kappa shape index (κ3) is 55.7. The van der Waals surface area contributed by atoms with Crippen molar-refractivity contribution in [3.63, 3.8) is 0 Å². The molecule has 8 nitrogen and oxygen atoms in total. The van der Waals surface area contributed by atoms with Gasteiger partial charge in [-0.05, 0) is 30.4 Å². The van der Waals surface area contributed by atoms with Gasteiger partial charge in [0.2, 0.25) is 0 Å². The summed E-state index contributed by atoms with van der Waals surface area (Å²) in [6.45, 7) is 13.6. The fourth-order valence-electron chi connectivity index (χ4n) is 1.97. The zero-order chi connectivity index (χ0) is 28.0. The Kier molecular flexibility index (Phi) is 41.3. The molecule has 0 aliphatic heterocycles. The topological polar surface area (TPSA) is 148 Å². The molecule has 37 heavy (non-hydrogen) atoms. The van der Waals surface area contributed by atoms with Crippen molar-refractivity contribution in [1.82, 2.24) is 0 Å². The van der Waals surface area contributed by atoms with Crippen LogP contribution >= 0.6 is 42.0 Å². The Morgan fingerprint density at radius 2 is 1.19 bits per heavy atom. The molecule has 0 rings (SSSR count). The fourth-order valence-corrected chi connectivity index (χ4v) is 8.96. The summed E-state index contributed by atoms with van der Waals surface area (Å²) in [5.41, 5.74) is -5.59. The van der Waals surface area contributed by atoms with Crippen LogP contribution in [-0.4, -0.2) is 29.6 Å². The number of hydrogen-bond donors (Lipinski definition) is 1. The first-order valence-electron chi connectivity index (χ1n) is 11.9. The molecule has 0 saturated carbocycles. The van der Waals surface area contributed by atoms with Gasteiger partial charge in [0.1, 0.15) is 0 Å². The molecule has 0 aliphatic carbocycles. The van der Waals surface area contributed by atoms with Crippen LogP contribution in [0.25, 0.3) is 0 Å². The van der Waals surface area contributed by atoms with Crippen LogP contribution in [-0.2, 0) is 76.2 Å². The molecule has 0 aliphatic rings. The van der Waals surface area contributed by atoms with Crippen molar-refractivity contribution in [2.45, 2.75) is 92.9 Å². The second kappa shape index (κ2) is 30.6. The average molecular weight is 766 g/mol. The Bertz CT molecular complexity index is 590. The van der Waals surface area contributed by atoms with Crippen LogP contribution in [0, 0.1) is 11.8 Å². The van der Waals surface area contributed by atoms with Crippen molar-refractivity contribution >= 4 is 65.6 Å². The first-order chi connectivity index (χ1) is 16.0. The molecule has 0 aromatic carbocycles. The summed E-state index contributed by atoms with van der Waals surface area (Å²) in [4.78, 5) is 47.7. The van der Waals surface area contributed by atoms with Gasteiger partial charge in [-0.2, -0.15) is 0 Å². The van der Waals surface area contributed by atoms with Crippen molar-refractivity contribution in [2.75, 3.05) is 24.7 Å². The van der Waals surface area contributed by atoms with Crippen LogP contribution < -0.4 is 19.6 Å². The van der Waals surface area contributed by atoms with Crippen molar-refractivity contribution in [3.8, 4) is 0 Å². The molecule has 0 aromatic rings. The largest absolute Gasteiger partial charge is 2.00 e. The van der Waals surface area contributed by atoms with Crippen LogP contribution in [0.3, 0.4) is 0 Å². The molecule has 0 saturated heterocycles. The molecular weight excluding hydrogens is 720 g/mol. The Labute approximate surface area is 270 Å². The van der Waals surface area contributed by atoms with Gasteiger partial charge in [-0.1, -0.05) is 104 Å². The summed E-state index contributed by atoms with van der Waals surface area (Å²) < 4.78 is 19.2. The van der Waals surface area contributed by atoms with E-state index in [2.05, 4.69) is 27.7 Å². The van der Waals surface area contributed by atoms with E-state index in [1.165, 1.54) is 54.9 Å². The van der Waals surface area contributed by atoms with Gasteiger partial charge in [0.25, 0.3) is 0 Å². The van der Waals surface area contributed by atoms with E-state index in [4.69, 9.17) is 51.9 Å². The predicted octanol–water partition coefficient (Wildman–Crippen LogP) is 4.92. The molecular formula is C20H45O8P3S4Zn2. The Morgan fingerprint density at radius 1 is 0.757 bits per heavy atom. The third-order valence-corrected chi connectivity index (χ3v) is 12.6. The molecule has 1 N–H and O–H groups in total. The standard InChI is InChI=1S/C12H27O2PS2.C8H19O2PS2.H3O4P.2Zn/c1-3-5-7-9-11-14-15(13,16)17-12-10-8-6-4-2;1-7(2)5-10-11(9,12)13-6-8(3)4;1-5(2,3)4;;/h3-12H2,1-2H3,(H,13,16);7-8H,5-6H2,1-4H3,(H,9,12);(H3,1,2,3,4);;/q;;;2*+2/p-4. The first-order valence-corrected chi connectivity index (χ1v) is 21.9. The molecule has 17 heteroatoms. The van der Waals surface area contributed by atoms with Crippen LogP contribution in [0.2, 0.25) is 0 Å². The quantitative estimate of drug-likeness (QED) is 0.115. The van der Waals surface area contributed by atoms with Gasteiger partial charge in [0.05, 0.1) is 21.0 Å². The molecule has 0 heterocycles. The van der Waals surface area contributed by atoms with Gasteiger partial charge in [0, 0.05) is 17.1 Å². The minimum absolute atomic E-state index is 0. The zero-order valence-electron chi connectivity index (χ0n) is 23.3. The van der Waals surface area contributed by atoms with Gasteiger partial charge in [-0.25, -0.2) is 0 Å². The molecule has 0 aromatic heterocycles. The van der Waals surface area contributed by atoms with Gasteiger partial charge in [-0.15, -0.1) is 22.8 Å². The fraction of sp³-hybridized carbons (Fsp3) is 1.00. The first kappa shape index (κ1) is 49.9. The molecule has 0 radical (unpaired) electrons. The van der Waals surface area contributed by atoms with Gasteiger partial charge < -0.3 is 38.1 Å². The molecule has 0 spiro atoms. The summed E-state index contributed by atoms with van der Waals surface area (Å²) in [6.07, 6.45) is 9.32. The van der Waals surface area contributed by atoms with E-state index in [1.807, 2.05) is 13.8 Å². The molecule has 0 fully saturated rings. The van der Waals surface area contributed by atoms with E-state index >= 15 is 0 Å². The normalized spacial score (nSPS) is 14.2. The van der Waals surface area contributed by atoms with Gasteiger partial charge >= 0.3 is 39.0 Å². The SMILES string of the molecule is CC(C)COP([O-])(=S)SCC(C)C.CCCCCCOP([O-])(=S)SCCCCCC.O=P([O-])([O-])O.[Zn+2].[Zn+2]. The summed E-state index contributed by atoms with van der Waals surface area (Å²) in [7, 11) is -5.14. The van der Waals surface area contributed by atoms with Gasteiger partial charge in [0.15, 0.2) is 0 Å². The maximum atomic E-state index is 11.8. The summed E-state index contributed by atoms with van der Waals surface area (Å²) in [5.74, 6) is 2.56. The van der Waals surface area contributed by atoms with Crippen LogP contribution in [0.4, 0.5) is 0 Å². The Morgan fingerprint density at radius 3 is 1.59 bits per heavy atom. The molecule has 2 atom stereocenters. The van der Waals surface area contributed by atoms with Crippen LogP contribution in [0.5, 0.6) is 0 Å². The summed E-state index contributed by atoms with van der Waals surface area (Å²) >= 11 is 12.5. The number of unbranched alkanes of at least 4 members (excludes halogenated alkanes) is 6. The van der Waals surface area contributed by atoms with Gasteiger partial charge in [-0.3, -0.25) is 0 Å².